The maximum Gasteiger partial charge on any atom is 0.0516 e. The van der Waals surface area contributed by atoms with Crippen LogP contribution >= 0.6 is 22.6 Å². The van der Waals surface area contributed by atoms with Crippen LogP contribution in [-0.4, -0.2) is 10.6 Å². The molecule has 2 aromatic carbocycles. The Bertz CT molecular complexity index is 742. The van der Waals surface area contributed by atoms with E-state index >= 15 is 0 Å². The van der Waals surface area contributed by atoms with Gasteiger partial charge < -0.3 is 10.3 Å². The molecule has 108 valence electrons. The minimum Gasteiger partial charge on any atom is -0.343 e. The van der Waals surface area contributed by atoms with E-state index in [0.29, 0.717) is 0 Å². The molecule has 1 atom stereocenters. The summed E-state index contributed by atoms with van der Waals surface area (Å²) in [6.45, 7) is 2.96. The molecule has 0 amide bonds. The Morgan fingerprint density at radius 3 is 2.57 bits per heavy atom. The van der Waals surface area contributed by atoms with Crippen LogP contribution in [0.5, 0.6) is 0 Å². The third-order valence-corrected chi connectivity index (χ3v) is 4.40. The lowest BCUT2D eigenvalue weighted by atomic mass is 10.0. The topological polar surface area (TPSA) is 30.9 Å². The zero-order valence-corrected chi connectivity index (χ0v) is 14.2. The van der Waals surface area contributed by atoms with Crippen molar-refractivity contribution in [2.75, 3.05) is 0 Å². The van der Waals surface area contributed by atoms with Gasteiger partial charge in [0.25, 0.3) is 0 Å². The Kier molecular flexibility index (Phi) is 4.31. The van der Waals surface area contributed by atoms with Crippen molar-refractivity contribution in [1.29, 1.82) is 0 Å². The zero-order valence-electron chi connectivity index (χ0n) is 12.1. The monoisotopic (exact) mass is 390 g/mol. The van der Waals surface area contributed by atoms with Crippen molar-refractivity contribution in [1.82, 2.24) is 4.57 Å². The second kappa shape index (κ2) is 6.20. The third-order valence-electron chi connectivity index (χ3n) is 3.68. The molecule has 0 saturated heterocycles. The standard InChI is InChI=1S/C18H19IN2/c1-13(20)11-16-4-2-3-15-9-10-21(18(15)16)12-14-5-7-17(19)8-6-14/h2-10,13H,11-12,20H2,1H3. The fraction of sp³-hybridized carbons (Fsp3) is 0.222. The number of aromatic nitrogens is 1. The molecular formula is C18H19IN2. The maximum absolute atomic E-state index is 5.99. The number of fused-ring (bicyclic) bond motifs is 1. The van der Waals surface area contributed by atoms with E-state index in [1.807, 2.05) is 0 Å². The van der Waals surface area contributed by atoms with Crippen LogP contribution < -0.4 is 5.73 Å². The molecule has 0 aliphatic carbocycles. The Morgan fingerprint density at radius 1 is 1.10 bits per heavy atom. The summed E-state index contributed by atoms with van der Waals surface area (Å²) in [5.74, 6) is 0. The van der Waals surface area contributed by atoms with Crippen molar-refractivity contribution in [3.8, 4) is 0 Å². The van der Waals surface area contributed by atoms with Crippen LogP contribution in [0.4, 0.5) is 0 Å². The van der Waals surface area contributed by atoms with E-state index in [0.717, 1.165) is 13.0 Å². The highest BCUT2D eigenvalue weighted by Gasteiger charge is 2.08. The normalized spacial score (nSPS) is 12.7. The first-order valence-electron chi connectivity index (χ1n) is 7.20. The van der Waals surface area contributed by atoms with Gasteiger partial charge in [-0.2, -0.15) is 0 Å². The number of nitrogens with zero attached hydrogens (tertiary/aromatic N) is 1. The van der Waals surface area contributed by atoms with E-state index in [1.165, 1.54) is 25.6 Å². The lowest BCUT2D eigenvalue weighted by Gasteiger charge is -2.12. The van der Waals surface area contributed by atoms with Crippen LogP contribution in [0.15, 0.2) is 54.7 Å². The average molecular weight is 390 g/mol. The van der Waals surface area contributed by atoms with Gasteiger partial charge in [0.05, 0.1) is 5.52 Å². The van der Waals surface area contributed by atoms with Crippen LogP contribution in [0.3, 0.4) is 0 Å². The lowest BCUT2D eigenvalue weighted by molar-refractivity contribution is 0.735. The summed E-state index contributed by atoms with van der Waals surface area (Å²) in [7, 11) is 0. The van der Waals surface area contributed by atoms with Gasteiger partial charge in [0.1, 0.15) is 0 Å². The number of rotatable bonds is 4. The largest absolute Gasteiger partial charge is 0.343 e. The summed E-state index contributed by atoms with van der Waals surface area (Å²) in [6.07, 6.45) is 3.08. The molecule has 1 aromatic heterocycles. The quantitative estimate of drug-likeness (QED) is 0.666. The molecule has 3 heteroatoms. The zero-order chi connectivity index (χ0) is 14.8. The van der Waals surface area contributed by atoms with Crippen molar-refractivity contribution in [2.24, 2.45) is 5.73 Å². The van der Waals surface area contributed by atoms with Crippen LogP contribution in [0.2, 0.25) is 0 Å². The van der Waals surface area contributed by atoms with E-state index in [9.17, 15) is 0 Å². The predicted molar refractivity (Wildman–Crippen MR) is 97.6 cm³/mol. The Hall–Kier alpha value is -1.33. The summed E-state index contributed by atoms with van der Waals surface area (Å²) in [5, 5.41) is 1.29. The summed E-state index contributed by atoms with van der Waals surface area (Å²) < 4.78 is 3.60. The van der Waals surface area contributed by atoms with Gasteiger partial charge in [-0.15, -0.1) is 0 Å². The number of hydrogen-bond acceptors (Lipinski definition) is 1. The lowest BCUT2D eigenvalue weighted by Crippen LogP contribution is -2.18. The molecule has 0 spiro atoms. The summed E-state index contributed by atoms with van der Waals surface area (Å²) >= 11 is 2.34. The Labute approximate surface area is 139 Å². The van der Waals surface area contributed by atoms with E-state index in [-0.39, 0.29) is 6.04 Å². The van der Waals surface area contributed by atoms with Crippen molar-refractivity contribution < 1.29 is 0 Å². The molecule has 0 radical (unpaired) electrons. The van der Waals surface area contributed by atoms with Crippen molar-refractivity contribution in [3.05, 3.63) is 69.4 Å². The minimum atomic E-state index is 0.178. The van der Waals surface area contributed by atoms with Crippen LogP contribution in [-0.2, 0) is 13.0 Å². The molecule has 0 saturated carbocycles. The first kappa shape index (κ1) is 14.6. The van der Waals surface area contributed by atoms with Crippen LogP contribution in [0.1, 0.15) is 18.1 Å². The van der Waals surface area contributed by atoms with E-state index in [1.54, 1.807) is 0 Å². The highest BCUT2D eigenvalue weighted by Crippen LogP contribution is 2.22. The second-order valence-corrected chi connectivity index (χ2v) is 6.85. The highest BCUT2D eigenvalue weighted by molar-refractivity contribution is 14.1. The second-order valence-electron chi connectivity index (χ2n) is 5.61. The smallest absolute Gasteiger partial charge is 0.0516 e. The molecule has 1 heterocycles. The number of nitrogens with two attached hydrogens (primary N) is 1. The number of benzene rings is 2. The molecule has 0 bridgehead atoms. The number of halogens is 1. The van der Waals surface area contributed by atoms with Gasteiger partial charge in [-0.1, -0.05) is 30.3 Å². The molecular weight excluding hydrogens is 371 g/mol. The first-order chi connectivity index (χ1) is 10.1. The molecule has 3 rings (SSSR count). The molecule has 21 heavy (non-hydrogen) atoms. The van der Waals surface area contributed by atoms with Gasteiger partial charge in [-0.3, -0.25) is 0 Å². The van der Waals surface area contributed by atoms with Crippen LogP contribution in [0.25, 0.3) is 10.9 Å². The summed E-state index contributed by atoms with van der Waals surface area (Å²) in [6, 6.07) is 17.6. The fourth-order valence-electron chi connectivity index (χ4n) is 2.77. The molecule has 1 unspecified atom stereocenters. The number of para-hydroxylation sites is 1. The van der Waals surface area contributed by atoms with Gasteiger partial charge >= 0.3 is 0 Å². The highest BCUT2D eigenvalue weighted by atomic mass is 127. The molecule has 0 fully saturated rings. The number of hydrogen-bond donors (Lipinski definition) is 1. The van der Waals surface area contributed by atoms with Crippen LogP contribution in [0, 0.1) is 3.57 Å². The molecule has 2 N–H and O–H groups in total. The molecule has 3 aromatic rings. The molecule has 0 aliphatic rings. The van der Waals surface area contributed by atoms with E-state index in [2.05, 4.69) is 88.8 Å². The van der Waals surface area contributed by atoms with Crippen molar-refractivity contribution in [2.45, 2.75) is 25.9 Å². The fourth-order valence-corrected chi connectivity index (χ4v) is 3.13. The SMILES string of the molecule is CC(N)Cc1cccc2ccn(Cc3ccc(I)cc3)c12. The van der Waals surface area contributed by atoms with Gasteiger partial charge in [0.2, 0.25) is 0 Å². The van der Waals surface area contributed by atoms with E-state index in [4.69, 9.17) is 5.73 Å². The minimum absolute atomic E-state index is 0.178. The Balaban J connectivity index is 2.00. The first-order valence-corrected chi connectivity index (χ1v) is 8.28. The van der Waals surface area contributed by atoms with E-state index < -0.39 is 0 Å². The third kappa shape index (κ3) is 3.30. The summed E-state index contributed by atoms with van der Waals surface area (Å²) in [4.78, 5) is 0. The van der Waals surface area contributed by atoms with Gasteiger partial charge in [0, 0.05) is 22.4 Å². The predicted octanol–water partition coefficient (Wildman–Crippen LogP) is 4.18. The van der Waals surface area contributed by atoms with Crippen molar-refractivity contribution in [3.63, 3.8) is 0 Å². The van der Waals surface area contributed by atoms with Gasteiger partial charge in [-0.05, 0) is 70.6 Å². The summed E-state index contributed by atoms with van der Waals surface area (Å²) in [5.41, 5.74) is 9.96. The average Bonchev–Trinajstić information content (AvgIpc) is 2.85. The maximum atomic E-state index is 5.99. The Morgan fingerprint density at radius 2 is 1.86 bits per heavy atom. The molecule has 2 nitrogen and oxygen atoms in total. The van der Waals surface area contributed by atoms with Gasteiger partial charge in [0.15, 0.2) is 0 Å². The van der Waals surface area contributed by atoms with Crippen molar-refractivity contribution >= 4 is 33.5 Å². The van der Waals surface area contributed by atoms with Gasteiger partial charge in [-0.25, -0.2) is 0 Å². The molecule has 0 aliphatic heterocycles.